The summed E-state index contributed by atoms with van der Waals surface area (Å²) in [6.45, 7) is 4.66. The Bertz CT molecular complexity index is 386. The van der Waals surface area contributed by atoms with Crippen LogP contribution in [0.15, 0.2) is 18.3 Å². The van der Waals surface area contributed by atoms with Gasteiger partial charge in [-0.15, -0.1) is 0 Å². The van der Waals surface area contributed by atoms with Crippen LogP contribution in [-0.4, -0.2) is 53.9 Å². The maximum Gasteiger partial charge on any atom is 0.125 e. The zero-order valence-electron chi connectivity index (χ0n) is 11.0. The predicted molar refractivity (Wildman–Crippen MR) is 70.5 cm³/mol. The van der Waals surface area contributed by atoms with E-state index in [-0.39, 0.29) is 18.8 Å². The van der Waals surface area contributed by atoms with E-state index in [9.17, 15) is 5.11 Å². The first kappa shape index (κ1) is 13.3. The van der Waals surface area contributed by atoms with Gasteiger partial charge in [0.2, 0.25) is 0 Å². The highest BCUT2D eigenvalue weighted by Gasteiger charge is 2.24. The third kappa shape index (κ3) is 3.41. The number of nitrogens with one attached hydrogen (secondary N) is 1. The second-order valence-electron chi connectivity index (χ2n) is 4.74. The molecule has 1 aromatic rings. The smallest absolute Gasteiger partial charge is 0.125 e. The van der Waals surface area contributed by atoms with Crippen LogP contribution in [0.4, 0.5) is 5.82 Å². The highest BCUT2D eigenvalue weighted by atomic mass is 16.5. The van der Waals surface area contributed by atoms with Crippen LogP contribution in [0.25, 0.3) is 0 Å². The Morgan fingerprint density at radius 3 is 3.11 bits per heavy atom. The third-order valence-electron chi connectivity index (χ3n) is 3.09. The molecule has 2 rings (SSSR count). The van der Waals surface area contributed by atoms with Crippen LogP contribution in [0.2, 0.25) is 0 Å². The molecule has 0 aromatic carbocycles. The molecule has 2 unspecified atom stereocenters. The van der Waals surface area contributed by atoms with Crippen LogP contribution in [0.1, 0.15) is 12.5 Å². The molecule has 2 N–H and O–H groups in total. The maximum atomic E-state index is 9.20. The van der Waals surface area contributed by atoms with Crippen LogP contribution >= 0.6 is 0 Å². The number of aromatic nitrogens is 1. The molecule has 0 spiro atoms. The van der Waals surface area contributed by atoms with Crippen molar-refractivity contribution in [2.75, 3.05) is 32.1 Å². The van der Waals surface area contributed by atoms with Gasteiger partial charge in [0.05, 0.1) is 18.8 Å². The normalized spacial score (nSPS) is 25.1. The minimum Gasteiger partial charge on any atom is -0.394 e. The summed E-state index contributed by atoms with van der Waals surface area (Å²) in [4.78, 5) is 6.51. The molecule has 2 atom stereocenters. The number of morpholine rings is 1. The van der Waals surface area contributed by atoms with Gasteiger partial charge in [-0.3, -0.25) is 4.90 Å². The number of anilines is 1. The van der Waals surface area contributed by atoms with Crippen LogP contribution in [0.3, 0.4) is 0 Å². The van der Waals surface area contributed by atoms with Gasteiger partial charge in [0.15, 0.2) is 0 Å². The molecule has 1 aliphatic rings. The molecule has 5 heteroatoms. The highest BCUT2D eigenvalue weighted by Crippen LogP contribution is 2.15. The molecule has 1 saturated heterocycles. The molecule has 100 valence electrons. The molecule has 0 bridgehead atoms. The van der Waals surface area contributed by atoms with Crippen molar-refractivity contribution < 1.29 is 9.84 Å². The summed E-state index contributed by atoms with van der Waals surface area (Å²) in [6.07, 6.45) is 1.91. The predicted octanol–water partition coefficient (Wildman–Crippen LogP) is 0.705. The summed E-state index contributed by atoms with van der Waals surface area (Å²) in [5.41, 5.74) is 1.22. The van der Waals surface area contributed by atoms with Crippen molar-refractivity contribution in [3.05, 3.63) is 23.9 Å². The second kappa shape index (κ2) is 6.13. The lowest BCUT2D eigenvalue weighted by molar-refractivity contribution is -0.0972. The van der Waals surface area contributed by atoms with Gasteiger partial charge >= 0.3 is 0 Å². The van der Waals surface area contributed by atoms with Gasteiger partial charge in [-0.1, -0.05) is 0 Å². The molecule has 1 aliphatic heterocycles. The maximum absolute atomic E-state index is 9.20. The molecule has 1 aromatic heterocycles. The van der Waals surface area contributed by atoms with Gasteiger partial charge in [-0.2, -0.15) is 0 Å². The van der Waals surface area contributed by atoms with Gasteiger partial charge in [-0.25, -0.2) is 4.98 Å². The van der Waals surface area contributed by atoms with Crippen molar-refractivity contribution >= 4 is 5.82 Å². The molecule has 0 amide bonds. The van der Waals surface area contributed by atoms with Crippen LogP contribution < -0.4 is 5.32 Å². The van der Waals surface area contributed by atoms with Crippen molar-refractivity contribution in [2.45, 2.75) is 25.7 Å². The molecular weight excluding hydrogens is 230 g/mol. The number of nitrogens with zero attached hydrogens (tertiary/aromatic N) is 2. The lowest BCUT2D eigenvalue weighted by atomic mass is 10.2. The van der Waals surface area contributed by atoms with E-state index in [1.807, 2.05) is 32.3 Å². The van der Waals surface area contributed by atoms with E-state index in [4.69, 9.17) is 4.74 Å². The van der Waals surface area contributed by atoms with E-state index < -0.39 is 0 Å². The average molecular weight is 251 g/mol. The van der Waals surface area contributed by atoms with Gasteiger partial charge in [0.25, 0.3) is 0 Å². The van der Waals surface area contributed by atoms with E-state index in [2.05, 4.69) is 15.2 Å². The minimum absolute atomic E-state index is 0.0700. The first-order chi connectivity index (χ1) is 8.71. The Morgan fingerprint density at radius 2 is 2.39 bits per heavy atom. The monoisotopic (exact) mass is 251 g/mol. The molecule has 18 heavy (non-hydrogen) atoms. The van der Waals surface area contributed by atoms with Gasteiger partial charge in [0, 0.05) is 32.9 Å². The number of ether oxygens (including phenoxy) is 1. The molecule has 0 radical (unpaired) electrons. The molecule has 0 saturated carbocycles. The molecule has 2 heterocycles. The van der Waals surface area contributed by atoms with Crippen LogP contribution in [-0.2, 0) is 11.3 Å². The number of pyridine rings is 1. The van der Waals surface area contributed by atoms with Crippen molar-refractivity contribution in [1.29, 1.82) is 0 Å². The number of hydrogen-bond donors (Lipinski definition) is 2. The summed E-state index contributed by atoms with van der Waals surface area (Å²) < 4.78 is 5.63. The largest absolute Gasteiger partial charge is 0.394 e. The Kier molecular flexibility index (Phi) is 4.52. The first-order valence-corrected chi connectivity index (χ1v) is 6.32. The summed E-state index contributed by atoms with van der Waals surface area (Å²) in [7, 11) is 1.87. The Hall–Kier alpha value is -1.17. The summed E-state index contributed by atoms with van der Waals surface area (Å²) in [5.74, 6) is 0.882. The van der Waals surface area contributed by atoms with Crippen molar-refractivity contribution in [1.82, 2.24) is 9.88 Å². The zero-order valence-corrected chi connectivity index (χ0v) is 11.0. The van der Waals surface area contributed by atoms with E-state index in [1.54, 1.807) is 0 Å². The average Bonchev–Trinajstić information content (AvgIpc) is 2.38. The van der Waals surface area contributed by atoms with Gasteiger partial charge in [0.1, 0.15) is 5.82 Å². The lowest BCUT2D eigenvalue weighted by Gasteiger charge is -2.36. The summed E-state index contributed by atoms with van der Waals surface area (Å²) in [6, 6.07) is 4.07. The Labute approximate surface area is 108 Å². The number of aliphatic hydroxyl groups is 1. The number of hydrogen-bond acceptors (Lipinski definition) is 5. The van der Waals surface area contributed by atoms with E-state index in [0.29, 0.717) is 0 Å². The number of rotatable bonds is 4. The topological polar surface area (TPSA) is 57.6 Å². The first-order valence-electron chi connectivity index (χ1n) is 6.32. The fourth-order valence-electron chi connectivity index (χ4n) is 2.34. The third-order valence-corrected chi connectivity index (χ3v) is 3.09. The zero-order chi connectivity index (χ0) is 13.0. The molecular formula is C13H21N3O2. The standard InChI is InChI=1S/C13H21N3O2/c1-10-6-16(8-12(9-17)18-10)7-11-3-4-15-13(5-11)14-2/h3-5,10,12,17H,6-9H2,1-2H3,(H,14,15). The van der Waals surface area contributed by atoms with Crippen LogP contribution in [0.5, 0.6) is 0 Å². The van der Waals surface area contributed by atoms with E-state index in [1.165, 1.54) is 5.56 Å². The molecule has 5 nitrogen and oxygen atoms in total. The molecule has 1 fully saturated rings. The van der Waals surface area contributed by atoms with Crippen LogP contribution in [0, 0.1) is 0 Å². The van der Waals surface area contributed by atoms with E-state index >= 15 is 0 Å². The summed E-state index contributed by atoms with van der Waals surface area (Å²) in [5, 5.41) is 12.2. The highest BCUT2D eigenvalue weighted by molar-refractivity contribution is 5.36. The van der Waals surface area contributed by atoms with Crippen molar-refractivity contribution in [2.24, 2.45) is 0 Å². The lowest BCUT2D eigenvalue weighted by Crippen LogP contribution is -2.47. The number of aliphatic hydroxyl groups excluding tert-OH is 1. The fraction of sp³-hybridized carbons (Fsp3) is 0.615. The SMILES string of the molecule is CNc1cc(CN2CC(C)OC(CO)C2)ccn1. The van der Waals surface area contributed by atoms with Gasteiger partial charge in [-0.05, 0) is 24.6 Å². The minimum atomic E-state index is -0.0700. The molecule has 0 aliphatic carbocycles. The van der Waals surface area contributed by atoms with Gasteiger partial charge < -0.3 is 15.2 Å². The van der Waals surface area contributed by atoms with Crippen molar-refractivity contribution in [3.8, 4) is 0 Å². The Balaban J connectivity index is 1.99. The van der Waals surface area contributed by atoms with E-state index in [0.717, 1.165) is 25.5 Å². The fourth-order valence-corrected chi connectivity index (χ4v) is 2.34. The Morgan fingerprint density at radius 1 is 1.56 bits per heavy atom. The van der Waals surface area contributed by atoms with Crippen molar-refractivity contribution in [3.63, 3.8) is 0 Å². The summed E-state index contributed by atoms with van der Waals surface area (Å²) >= 11 is 0. The quantitative estimate of drug-likeness (QED) is 0.825. The second-order valence-corrected chi connectivity index (χ2v) is 4.74.